The van der Waals surface area contributed by atoms with Crippen molar-refractivity contribution in [1.29, 1.82) is 0 Å². The SMILES string of the molecule is O=C(COC(=O)c1cccnc1N1CCCC1)Nc1cccc2c1C(=O)c1ccccc1C2=O. The van der Waals surface area contributed by atoms with Gasteiger partial charge in [-0.3, -0.25) is 14.4 Å². The van der Waals surface area contributed by atoms with E-state index >= 15 is 0 Å². The molecule has 1 aliphatic carbocycles. The molecule has 0 saturated carbocycles. The van der Waals surface area contributed by atoms with Gasteiger partial charge in [0.15, 0.2) is 18.2 Å². The highest BCUT2D eigenvalue weighted by molar-refractivity contribution is 6.30. The first-order chi connectivity index (χ1) is 16.5. The quantitative estimate of drug-likeness (QED) is 0.461. The van der Waals surface area contributed by atoms with Crippen LogP contribution in [0.15, 0.2) is 60.8 Å². The number of rotatable bonds is 5. The average molecular weight is 455 g/mol. The van der Waals surface area contributed by atoms with E-state index in [0.29, 0.717) is 22.5 Å². The molecule has 170 valence electrons. The first-order valence-corrected chi connectivity index (χ1v) is 11.0. The average Bonchev–Trinajstić information content (AvgIpc) is 3.41. The normalized spacial score (nSPS) is 14.4. The van der Waals surface area contributed by atoms with E-state index in [1.807, 2.05) is 4.90 Å². The van der Waals surface area contributed by atoms with Crippen LogP contribution in [-0.4, -0.2) is 48.1 Å². The molecule has 1 fully saturated rings. The molecule has 0 unspecified atom stereocenters. The van der Waals surface area contributed by atoms with E-state index in [0.717, 1.165) is 25.9 Å². The summed E-state index contributed by atoms with van der Waals surface area (Å²) in [5, 5.41) is 2.61. The Morgan fingerprint density at radius 1 is 0.882 bits per heavy atom. The van der Waals surface area contributed by atoms with Crippen molar-refractivity contribution in [2.75, 3.05) is 29.9 Å². The fourth-order valence-electron chi connectivity index (χ4n) is 4.38. The van der Waals surface area contributed by atoms with Crippen LogP contribution in [0.4, 0.5) is 11.5 Å². The molecule has 1 saturated heterocycles. The topological polar surface area (TPSA) is 106 Å². The van der Waals surface area contributed by atoms with Crippen molar-refractivity contribution in [3.05, 3.63) is 88.6 Å². The number of nitrogens with zero attached hydrogens (tertiary/aromatic N) is 2. The summed E-state index contributed by atoms with van der Waals surface area (Å²) in [6, 6.07) is 14.5. The zero-order chi connectivity index (χ0) is 23.7. The fourth-order valence-corrected chi connectivity index (χ4v) is 4.38. The molecule has 1 amide bonds. The lowest BCUT2D eigenvalue weighted by molar-refractivity contribution is -0.119. The van der Waals surface area contributed by atoms with Gasteiger partial charge in [0.2, 0.25) is 0 Å². The number of nitrogens with one attached hydrogen (secondary N) is 1. The summed E-state index contributed by atoms with van der Waals surface area (Å²) in [6.45, 7) is 1.08. The molecule has 8 nitrogen and oxygen atoms in total. The predicted octanol–water partition coefficient (Wildman–Crippen LogP) is 3.25. The Morgan fingerprint density at radius 3 is 2.35 bits per heavy atom. The molecule has 2 aromatic carbocycles. The minimum atomic E-state index is -0.652. The van der Waals surface area contributed by atoms with Gasteiger partial charge in [-0.2, -0.15) is 0 Å². The lowest BCUT2D eigenvalue weighted by Crippen LogP contribution is -2.27. The number of fused-ring (bicyclic) bond motifs is 2. The molecule has 1 aliphatic heterocycles. The smallest absolute Gasteiger partial charge is 0.342 e. The Labute approximate surface area is 195 Å². The first-order valence-electron chi connectivity index (χ1n) is 11.0. The summed E-state index contributed by atoms with van der Waals surface area (Å²) in [5.74, 6) is -1.35. The van der Waals surface area contributed by atoms with Crippen LogP contribution in [0.5, 0.6) is 0 Å². The maximum atomic E-state index is 13.1. The fraction of sp³-hybridized carbons (Fsp3) is 0.192. The second kappa shape index (κ2) is 8.90. The molecule has 2 aliphatic rings. The molecule has 0 atom stereocenters. The number of hydrogen-bond acceptors (Lipinski definition) is 7. The van der Waals surface area contributed by atoms with Gasteiger partial charge in [-0.05, 0) is 31.0 Å². The number of carbonyl (C=O) groups excluding carboxylic acids is 4. The molecular formula is C26H21N3O5. The zero-order valence-electron chi connectivity index (χ0n) is 18.2. The van der Waals surface area contributed by atoms with Crippen molar-refractivity contribution in [2.24, 2.45) is 0 Å². The molecule has 3 aromatic rings. The molecule has 0 bridgehead atoms. The van der Waals surface area contributed by atoms with E-state index in [2.05, 4.69) is 10.3 Å². The number of amides is 1. The Kier molecular flexibility index (Phi) is 5.63. The van der Waals surface area contributed by atoms with Crippen LogP contribution in [-0.2, 0) is 9.53 Å². The maximum Gasteiger partial charge on any atom is 0.342 e. The Hall–Kier alpha value is -4.33. The zero-order valence-corrected chi connectivity index (χ0v) is 18.2. The van der Waals surface area contributed by atoms with Gasteiger partial charge in [0, 0.05) is 36.0 Å². The summed E-state index contributed by atoms with van der Waals surface area (Å²) in [4.78, 5) is 57.5. The molecule has 0 spiro atoms. The summed E-state index contributed by atoms with van der Waals surface area (Å²) in [7, 11) is 0. The highest BCUT2D eigenvalue weighted by Gasteiger charge is 2.31. The van der Waals surface area contributed by atoms with Crippen LogP contribution in [0.3, 0.4) is 0 Å². The van der Waals surface area contributed by atoms with Gasteiger partial charge in [-0.15, -0.1) is 0 Å². The lowest BCUT2D eigenvalue weighted by Gasteiger charge is -2.20. The van der Waals surface area contributed by atoms with Crippen molar-refractivity contribution < 1.29 is 23.9 Å². The van der Waals surface area contributed by atoms with Crippen LogP contribution in [0.1, 0.15) is 55.0 Å². The summed E-state index contributed by atoms with van der Waals surface area (Å²) in [5.41, 5.74) is 1.48. The Balaban J connectivity index is 1.31. The minimum Gasteiger partial charge on any atom is -0.452 e. The lowest BCUT2D eigenvalue weighted by atomic mass is 9.83. The van der Waals surface area contributed by atoms with Crippen LogP contribution in [0.2, 0.25) is 0 Å². The molecule has 0 radical (unpaired) electrons. The third-order valence-electron chi connectivity index (χ3n) is 5.97. The van der Waals surface area contributed by atoms with Crippen molar-refractivity contribution in [1.82, 2.24) is 4.98 Å². The molecule has 8 heteroatoms. The summed E-state index contributed by atoms with van der Waals surface area (Å²) in [6.07, 6.45) is 3.67. The van der Waals surface area contributed by atoms with Crippen LogP contribution in [0.25, 0.3) is 0 Å². The van der Waals surface area contributed by atoms with Gasteiger partial charge in [-0.1, -0.05) is 36.4 Å². The molecule has 5 rings (SSSR count). The van der Waals surface area contributed by atoms with Crippen molar-refractivity contribution in [3.63, 3.8) is 0 Å². The van der Waals surface area contributed by atoms with Gasteiger partial charge in [-0.25, -0.2) is 9.78 Å². The van der Waals surface area contributed by atoms with Crippen molar-refractivity contribution >= 4 is 34.9 Å². The Bertz CT molecular complexity index is 1330. The number of pyridine rings is 1. The van der Waals surface area contributed by atoms with Crippen LogP contribution < -0.4 is 10.2 Å². The second-order valence-electron chi connectivity index (χ2n) is 8.12. The van der Waals surface area contributed by atoms with Gasteiger partial charge in [0.25, 0.3) is 5.91 Å². The van der Waals surface area contributed by atoms with E-state index in [9.17, 15) is 19.2 Å². The van der Waals surface area contributed by atoms with E-state index < -0.39 is 18.5 Å². The van der Waals surface area contributed by atoms with Crippen LogP contribution >= 0.6 is 0 Å². The number of carbonyl (C=O) groups is 4. The summed E-state index contributed by atoms with van der Waals surface area (Å²) >= 11 is 0. The second-order valence-corrected chi connectivity index (χ2v) is 8.12. The highest BCUT2D eigenvalue weighted by Crippen LogP contribution is 2.32. The number of aromatic nitrogens is 1. The first kappa shape index (κ1) is 21.5. The predicted molar refractivity (Wildman–Crippen MR) is 124 cm³/mol. The monoisotopic (exact) mass is 455 g/mol. The van der Waals surface area contributed by atoms with Gasteiger partial charge >= 0.3 is 5.97 Å². The van der Waals surface area contributed by atoms with E-state index in [4.69, 9.17) is 4.74 Å². The van der Waals surface area contributed by atoms with Crippen molar-refractivity contribution in [3.8, 4) is 0 Å². The number of ketones is 2. The molecule has 1 aromatic heterocycles. The highest BCUT2D eigenvalue weighted by atomic mass is 16.5. The largest absolute Gasteiger partial charge is 0.452 e. The van der Waals surface area contributed by atoms with E-state index in [-0.39, 0.29) is 28.4 Å². The molecule has 1 N–H and O–H groups in total. The molecular weight excluding hydrogens is 434 g/mol. The van der Waals surface area contributed by atoms with Gasteiger partial charge < -0.3 is 15.0 Å². The number of esters is 1. The number of hydrogen-bond donors (Lipinski definition) is 1. The third kappa shape index (κ3) is 3.83. The van der Waals surface area contributed by atoms with Gasteiger partial charge in [0.1, 0.15) is 11.4 Å². The number of ether oxygens (including phenoxy) is 1. The standard InChI is InChI=1S/C26H21N3O5/c30-21(15-34-26(33)19-10-6-12-27-25(19)29-13-3-4-14-29)28-20-11-5-9-18-22(20)24(32)17-8-2-1-7-16(17)23(18)31/h1-2,5-12H,3-4,13-15H2,(H,28,30). The van der Waals surface area contributed by atoms with E-state index in [1.165, 1.54) is 0 Å². The number of benzene rings is 2. The molecule has 34 heavy (non-hydrogen) atoms. The summed E-state index contributed by atoms with van der Waals surface area (Å²) < 4.78 is 5.24. The van der Waals surface area contributed by atoms with Crippen molar-refractivity contribution in [2.45, 2.75) is 12.8 Å². The van der Waals surface area contributed by atoms with E-state index in [1.54, 1.807) is 60.8 Å². The Morgan fingerprint density at radius 2 is 1.59 bits per heavy atom. The minimum absolute atomic E-state index is 0.134. The maximum absolute atomic E-state index is 13.1. The number of anilines is 2. The third-order valence-corrected chi connectivity index (χ3v) is 5.97. The van der Waals surface area contributed by atoms with Gasteiger partial charge in [0.05, 0.1) is 11.3 Å². The van der Waals surface area contributed by atoms with Crippen LogP contribution in [0, 0.1) is 0 Å². The molecule has 2 heterocycles.